The van der Waals surface area contributed by atoms with Crippen molar-refractivity contribution in [3.8, 4) is 0 Å². The highest BCUT2D eigenvalue weighted by atomic mass is 16.1. The van der Waals surface area contributed by atoms with Gasteiger partial charge in [0.1, 0.15) is 11.4 Å². The van der Waals surface area contributed by atoms with E-state index >= 15 is 0 Å². The number of aromatic nitrogens is 1. The number of nitrogens with two attached hydrogens (primary N) is 1. The SMILES string of the molecule is CNC(C)(CN1CCN(c2ccccn2)CC1)C(N)=O. The number of carbonyl (C=O) groups is 1. The molecule has 1 unspecified atom stereocenters. The van der Waals surface area contributed by atoms with Crippen LogP contribution in [0.2, 0.25) is 0 Å². The number of hydrogen-bond donors (Lipinski definition) is 2. The lowest BCUT2D eigenvalue weighted by atomic mass is 10.0. The molecule has 1 saturated heterocycles. The number of nitrogens with one attached hydrogen (secondary N) is 1. The van der Waals surface area contributed by atoms with Gasteiger partial charge in [0.15, 0.2) is 0 Å². The van der Waals surface area contributed by atoms with E-state index < -0.39 is 5.54 Å². The summed E-state index contributed by atoms with van der Waals surface area (Å²) in [6, 6.07) is 5.95. The fraction of sp³-hybridized carbons (Fsp3) is 0.571. The quantitative estimate of drug-likeness (QED) is 0.771. The molecular weight excluding hydrogens is 254 g/mol. The topological polar surface area (TPSA) is 74.5 Å². The zero-order chi connectivity index (χ0) is 14.6. The summed E-state index contributed by atoms with van der Waals surface area (Å²) < 4.78 is 0. The highest BCUT2D eigenvalue weighted by Crippen LogP contribution is 2.14. The van der Waals surface area contributed by atoms with Crippen molar-refractivity contribution in [1.29, 1.82) is 0 Å². The van der Waals surface area contributed by atoms with Gasteiger partial charge >= 0.3 is 0 Å². The molecule has 1 aromatic rings. The zero-order valence-electron chi connectivity index (χ0n) is 12.2. The molecule has 0 bridgehead atoms. The molecule has 1 aliphatic heterocycles. The van der Waals surface area contributed by atoms with Crippen molar-refractivity contribution in [3.63, 3.8) is 0 Å². The highest BCUT2D eigenvalue weighted by molar-refractivity contribution is 5.84. The molecule has 6 heteroatoms. The fourth-order valence-corrected chi connectivity index (χ4v) is 2.40. The van der Waals surface area contributed by atoms with E-state index in [1.165, 1.54) is 0 Å². The van der Waals surface area contributed by atoms with Crippen molar-refractivity contribution < 1.29 is 4.79 Å². The third-order valence-electron chi connectivity index (χ3n) is 3.98. The van der Waals surface area contributed by atoms with Crippen LogP contribution in [0.25, 0.3) is 0 Å². The average Bonchev–Trinajstić information content (AvgIpc) is 2.48. The molecule has 110 valence electrons. The second-order valence-electron chi connectivity index (χ2n) is 5.40. The molecular formula is C14H23N5O. The normalized spacial score (nSPS) is 19.6. The van der Waals surface area contributed by atoms with Gasteiger partial charge in [-0.3, -0.25) is 9.69 Å². The summed E-state index contributed by atoms with van der Waals surface area (Å²) in [7, 11) is 1.77. The smallest absolute Gasteiger partial charge is 0.238 e. The maximum Gasteiger partial charge on any atom is 0.238 e. The summed E-state index contributed by atoms with van der Waals surface area (Å²) in [6.45, 7) is 6.11. The second-order valence-corrected chi connectivity index (χ2v) is 5.40. The van der Waals surface area contributed by atoms with Crippen molar-refractivity contribution in [1.82, 2.24) is 15.2 Å². The molecule has 2 heterocycles. The van der Waals surface area contributed by atoms with E-state index in [1.54, 1.807) is 7.05 Å². The van der Waals surface area contributed by atoms with E-state index in [0.717, 1.165) is 32.0 Å². The van der Waals surface area contributed by atoms with Crippen LogP contribution in [0.15, 0.2) is 24.4 Å². The van der Waals surface area contributed by atoms with Crippen LogP contribution in [0.4, 0.5) is 5.82 Å². The van der Waals surface area contributed by atoms with Crippen molar-refractivity contribution >= 4 is 11.7 Å². The number of pyridine rings is 1. The Morgan fingerprint density at radius 1 is 1.40 bits per heavy atom. The number of anilines is 1. The first-order valence-electron chi connectivity index (χ1n) is 6.92. The molecule has 0 aromatic carbocycles. The molecule has 0 saturated carbocycles. The number of carbonyl (C=O) groups excluding carboxylic acids is 1. The van der Waals surface area contributed by atoms with E-state index in [4.69, 9.17) is 5.73 Å². The van der Waals surface area contributed by atoms with Gasteiger partial charge in [-0.25, -0.2) is 4.98 Å². The van der Waals surface area contributed by atoms with Crippen LogP contribution in [-0.4, -0.2) is 61.1 Å². The lowest BCUT2D eigenvalue weighted by Gasteiger charge is -2.39. The Hall–Kier alpha value is -1.66. The molecule has 1 amide bonds. The maximum absolute atomic E-state index is 11.5. The lowest BCUT2D eigenvalue weighted by Crippen LogP contribution is -2.60. The summed E-state index contributed by atoms with van der Waals surface area (Å²) in [5, 5.41) is 3.03. The minimum absolute atomic E-state index is 0.313. The van der Waals surface area contributed by atoms with Crippen LogP contribution in [-0.2, 0) is 4.79 Å². The van der Waals surface area contributed by atoms with E-state index in [0.29, 0.717) is 6.54 Å². The van der Waals surface area contributed by atoms with Crippen molar-refractivity contribution in [2.45, 2.75) is 12.5 Å². The van der Waals surface area contributed by atoms with Gasteiger partial charge in [-0.2, -0.15) is 0 Å². The lowest BCUT2D eigenvalue weighted by molar-refractivity contribution is -0.124. The molecule has 2 rings (SSSR count). The Morgan fingerprint density at radius 3 is 2.60 bits per heavy atom. The van der Waals surface area contributed by atoms with Crippen molar-refractivity contribution in [3.05, 3.63) is 24.4 Å². The third-order valence-corrected chi connectivity index (χ3v) is 3.98. The van der Waals surface area contributed by atoms with Crippen LogP contribution in [0.1, 0.15) is 6.92 Å². The molecule has 20 heavy (non-hydrogen) atoms. The summed E-state index contributed by atoms with van der Waals surface area (Å²) >= 11 is 0. The van der Waals surface area contributed by atoms with Crippen molar-refractivity contribution in [2.24, 2.45) is 5.73 Å². The Morgan fingerprint density at radius 2 is 2.10 bits per heavy atom. The predicted octanol–water partition coefficient (Wildman–Crippen LogP) is -0.333. The summed E-state index contributed by atoms with van der Waals surface area (Å²) in [4.78, 5) is 20.4. The molecule has 1 aliphatic rings. The number of hydrogen-bond acceptors (Lipinski definition) is 5. The maximum atomic E-state index is 11.5. The summed E-state index contributed by atoms with van der Waals surface area (Å²) in [5.74, 6) is 0.700. The van der Waals surface area contributed by atoms with Gasteiger partial charge in [0, 0.05) is 38.9 Å². The first-order chi connectivity index (χ1) is 9.55. The van der Waals surface area contributed by atoms with Gasteiger partial charge < -0.3 is 16.0 Å². The van der Waals surface area contributed by atoms with Gasteiger partial charge in [0.05, 0.1) is 0 Å². The third kappa shape index (κ3) is 3.26. The largest absolute Gasteiger partial charge is 0.368 e. The van der Waals surface area contributed by atoms with Crippen molar-refractivity contribution in [2.75, 3.05) is 44.7 Å². The summed E-state index contributed by atoms with van der Waals surface area (Å²) in [5.41, 5.74) is 4.80. The Balaban J connectivity index is 1.90. The monoisotopic (exact) mass is 277 g/mol. The number of nitrogens with zero attached hydrogens (tertiary/aromatic N) is 3. The Bertz CT molecular complexity index is 444. The van der Waals surface area contributed by atoms with Gasteiger partial charge in [-0.1, -0.05) is 6.07 Å². The van der Waals surface area contributed by atoms with Gasteiger partial charge in [-0.05, 0) is 26.1 Å². The van der Waals surface area contributed by atoms with Gasteiger partial charge in [0.2, 0.25) is 5.91 Å². The molecule has 0 aliphatic carbocycles. The minimum Gasteiger partial charge on any atom is -0.368 e. The number of piperazine rings is 1. The predicted molar refractivity (Wildman–Crippen MR) is 79.5 cm³/mol. The fourth-order valence-electron chi connectivity index (χ4n) is 2.40. The highest BCUT2D eigenvalue weighted by Gasteiger charge is 2.32. The van der Waals surface area contributed by atoms with Crippen LogP contribution < -0.4 is 16.0 Å². The molecule has 0 spiro atoms. The van der Waals surface area contributed by atoms with Gasteiger partial charge in [-0.15, -0.1) is 0 Å². The molecule has 6 nitrogen and oxygen atoms in total. The number of likely N-dealkylation sites (N-methyl/N-ethyl adjacent to an activating group) is 1. The molecule has 1 fully saturated rings. The number of amides is 1. The molecule has 3 N–H and O–H groups in total. The minimum atomic E-state index is -0.673. The first kappa shape index (κ1) is 14.7. The standard InChI is InChI=1S/C14H23N5O/c1-14(16-2,13(15)20)11-18-7-9-19(10-8-18)12-5-3-4-6-17-12/h3-6,16H,7-11H2,1-2H3,(H2,15,20). The first-order valence-corrected chi connectivity index (χ1v) is 6.92. The van der Waals surface area contributed by atoms with Crippen LogP contribution in [0, 0.1) is 0 Å². The molecule has 0 radical (unpaired) electrons. The van der Waals surface area contributed by atoms with Crippen LogP contribution in [0.3, 0.4) is 0 Å². The van der Waals surface area contributed by atoms with E-state index in [1.807, 2.05) is 31.3 Å². The van der Waals surface area contributed by atoms with Gasteiger partial charge in [0.25, 0.3) is 0 Å². The summed E-state index contributed by atoms with van der Waals surface area (Å²) in [6.07, 6.45) is 1.81. The Kier molecular flexibility index (Phi) is 4.57. The average molecular weight is 277 g/mol. The second kappa shape index (κ2) is 6.19. The van der Waals surface area contributed by atoms with Crippen LogP contribution in [0.5, 0.6) is 0 Å². The molecule has 1 aromatic heterocycles. The zero-order valence-corrected chi connectivity index (χ0v) is 12.2. The number of primary amides is 1. The number of rotatable bonds is 5. The van der Waals surface area contributed by atoms with E-state index in [2.05, 4.69) is 20.1 Å². The van der Waals surface area contributed by atoms with Crippen LogP contribution >= 0.6 is 0 Å². The van der Waals surface area contributed by atoms with E-state index in [-0.39, 0.29) is 5.91 Å². The Labute approximate surface area is 120 Å². The van der Waals surface area contributed by atoms with E-state index in [9.17, 15) is 4.79 Å². The molecule has 1 atom stereocenters.